The summed E-state index contributed by atoms with van der Waals surface area (Å²) in [7, 11) is 0. The van der Waals surface area contributed by atoms with Crippen LogP contribution in [0.15, 0.2) is 71.6 Å². The summed E-state index contributed by atoms with van der Waals surface area (Å²) in [5.74, 6) is -0.251. The fraction of sp³-hybridized carbons (Fsp3) is 0.179. The molecule has 196 valence electrons. The molecule has 0 saturated carbocycles. The van der Waals surface area contributed by atoms with Crippen LogP contribution in [0.1, 0.15) is 35.3 Å². The highest BCUT2D eigenvalue weighted by atomic mass is 35.5. The lowest BCUT2D eigenvalue weighted by Gasteiger charge is -2.22. The van der Waals surface area contributed by atoms with E-state index in [1.54, 1.807) is 42.5 Å². The number of anilines is 1. The first-order valence-electron chi connectivity index (χ1n) is 11.9. The van der Waals surface area contributed by atoms with Crippen LogP contribution in [0.25, 0.3) is 6.08 Å². The second-order valence-corrected chi connectivity index (χ2v) is 10.8. The van der Waals surface area contributed by atoms with Crippen LogP contribution >= 0.6 is 47.2 Å². The molecule has 1 saturated heterocycles. The first kappa shape index (κ1) is 28.0. The Balaban J connectivity index is 1.61. The van der Waals surface area contributed by atoms with Crippen LogP contribution in [0.3, 0.4) is 0 Å². The summed E-state index contributed by atoms with van der Waals surface area (Å²) in [6, 6.07) is 19.7. The second kappa shape index (κ2) is 12.7. The van der Waals surface area contributed by atoms with Crippen LogP contribution in [-0.2, 0) is 11.4 Å². The second-order valence-electron chi connectivity index (χ2n) is 8.24. The maximum absolute atomic E-state index is 13.2. The average Bonchev–Trinajstić information content (AvgIpc) is 3.17. The molecule has 1 fully saturated rings. The number of hydrogen-bond donors (Lipinski definition) is 1. The summed E-state index contributed by atoms with van der Waals surface area (Å²) < 4.78 is 6.45. The Morgan fingerprint density at radius 3 is 2.50 bits per heavy atom. The molecular weight excluding hydrogens is 561 g/mol. The lowest BCUT2D eigenvalue weighted by molar-refractivity contribution is -0.123. The number of hydrogen-bond acceptors (Lipinski definition) is 6. The van der Waals surface area contributed by atoms with E-state index in [0.717, 1.165) is 41.1 Å². The monoisotopic (exact) mass is 585 g/mol. The molecule has 3 aromatic rings. The van der Waals surface area contributed by atoms with Crippen molar-refractivity contribution in [3.63, 3.8) is 0 Å². The minimum Gasteiger partial charge on any atom is -0.488 e. The number of carbonyl (C=O) groups is 2. The van der Waals surface area contributed by atoms with E-state index < -0.39 is 11.8 Å². The molecule has 0 radical (unpaired) electrons. The number of ether oxygens (including phenoxy) is 1. The average molecular weight is 587 g/mol. The lowest BCUT2D eigenvalue weighted by Crippen LogP contribution is -2.44. The Morgan fingerprint density at radius 1 is 1.08 bits per heavy atom. The SMILES string of the molecule is CCN(CC)c1ccc(/C=C2/SC(=S)N(NC(=O)c3ccccc3)C2=O)c(OCc2ccc(Cl)cc2Cl)c1. The quantitative estimate of drug-likeness (QED) is 0.216. The summed E-state index contributed by atoms with van der Waals surface area (Å²) in [6.07, 6.45) is 1.72. The van der Waals surface area contributed by atoms with Crippen LogP contribution < -0.4 is 15.1 Å². The van der Waals surface area contributed by atoms with Gasteiger partial charge >= 0.3 is 0 Å². The Morgan fingerprint density at radius 2 is 1.82 bits per heavy atom. The Kier molecular flexibility index (Phi) is 9.33. The number of halogens is 2. The Bertz CT molecular complexity index is 1400. The Hall–Kier alpha value is -3.04. The van der Waals surface area contributed by atoms with Gasteiger partial charge in [-0.15, -0.1) is 0 Å². The van der Waals surface area contributed by atoms with Crippen molar-refractivity contribution in [2.75, 3.05) is 18.0 Å². The van der Waals surface area contributed by atoms with Crippen LogP contribution in [0.2, 0.25) is 10.0 Å². The zero-order valence-corrected chi connectivity index (χ0v) is 23.9. The van der Waals surface area contributed by atoms with E-state index in [0.29, 0.717) is 31.8 Å². The highest BCUT2D eigenvalue weighted by Crippen LogP contribution is 2.35. The molecule has 3 aromatic carbocycles. The number of nitrogens with zero attached hydrogens (tertiary/aromatic N) is 2. The zero-order chi connectivity index (χ0) is 27.2. The number of thiocarbonyl (C=S) groups is 1. The molecule has 0 aliphatic carbocycles. The van der Waals surface area contributed by atoms with Crippen LogP contribution in [0.4, 0.5) is 5.69 Å². The molecule has 0 bridgehead atoms. The van der Waals surface area contributed by atoms with Crippen molar-refractivity contribution in [1.82, 2.24) is 10.4 Å². The van der Waals surface area contributed by atoms with E-state index in [2.05, 4.69) is 24.2 Å². The number of hydrazine groups is 1. The molecule has 2 amide bonds. The minimum absolute atomic E-state index is 0.215. The molecule has 1 N–H and O–H groups in total. The van der Waals surface area contributed by atoms with Gasteiger partial charge in [0.15, 0.2) is 4.32 Å². The van der Waals surface area contributed by atoms with Crippen molar-refractivity contribution in [3.05, 3.63) is 98.4 Å². The van der Waals surface area contributed by atoms with Gasteiger partial charge in [0, 0.05) is 51.6 Å². The van der Waals surface area contributed by atoms with Crippen molar-refractivity contribution in [1.29, 1.82) is 0 Å². The molecular formula is C28H25Cl2N3O3S2. The first-order valence-corrected chi connectivity index (χ1v) is 13.9. The van der Waals surface area contributed by atoms with Gasteiger partial charge in [0.1, 0.15) is 12.4 Å². The topological polar surface area (TPSA) is 61.9 Å². The molecule has 1 aliphatic rings. The smallest absolute Gasteiger partial charge is 0.285 e. The maximum Gasteiger partial charge on any atom is 0.285 e. The van der Waals surface area contributed by atoms with Crippen molar-refractivity contribution < 1.29 is 14.3 Å². The fourth-order valence-electron chi connectivity index (χ4n) is 3.81. The fourth-order valence-corrected chi connectivity index (χ4v) is 5.44. The maximum atomic E-state index is 13.2. The van der Waals surface area contributed by atoms with Crippen LogP contribution in [0.5, 0.6) is 5.75 Å². The van der Waals surface area contributed by atoms with Crippen molar-refractivity contribution in [2.24, 2.45) is 0 Å². The molecule has 4 rings (SSSR count). The zero-order valence-electron chi connectivity index (χ0n) is 20.7. The molecule has 10 heteroatoms. The van der Waals surface area contributed by atoms with Gasteiger partial charge in [-0.3, -0.25) is 15.0 Å². The summed E-state index contributed by atoms with van der Waals surface area (Å²) in [6.45, 7) is 6.05. The molecule has 0 aromatic heterocycles. The summed E-state index contributed by atoms with van der Waals surface area (Å²) in [5.41, 5.74) is 5.50. The van der Waals surface area contributed by atoms with Crippen molar-refractivity contribution in [2.45, 2.75) is 20.5 Å². The van der Waals surface area contributed by atoms with Gasteiger partial charge in [-0.1, -0.05) is 59.2 Å². The van der Waals surface area contributed by atoms with Crippen molar-refractivity contribution >= 4 is 75.1 Å². The first-order chi connectivity index (χ1) is 18.3. The minimum atomic E-state index is -0.421. The van der Waals surface area contributed by atoms with Crippen molar-refractivity contribution in [3.8, 4) is 5.75 Å². The van der Waals surface area contributed by atoms with E-state index in [9.17, 15) is 9.59 Å². The highest BCUT2D eigenvalue weighted by molar-refractivity contribution is 8.26. The predicted octanol–water partition coefficient (Wildman–Crippen LogP) is 6.96. The molecule has 1 aliphatic heterocycles. The van der Waals surface area contributed by atoms with Crippen LogP contribution in [-0.4, -0.2) is 34.2 Å². The van der Waals surface area contributed by atoms with E-state index in [-0.39, 0.29) is 10.9 Å². The number of amides is 2. The third-order valence-electron chi connectivity index (χ3n) is 5.85. The number of rotatable bonds is 9. The Labute approximate surface area is 241 Å². The van der Waals surface area contributed by atoms with Gasteiger partial charge in [0.05, 0.1) is 4.91 Å². The number of carbonyl (C=O) groups excluding carboxylic acids is 2. The standard InChI is InChI=1S/C28H25Cl2N3O3S2/c1-3-32(4-2)22-13-11-19(24(16-22)36-17-20-10-12-21(29)15-23(20)30)14-25-27(35)33(28(37)38-25)31-26(34)18-8-6-5-7-9-18/h5-16H,3-4,17H2,1-2H3,(H,31,34)/b25-14+. The van der Waals surface area contributed by atoms with Gasteiger partial charge in [-0.2, -0.15) is 5.01 Å². The summed E-state index contributed by atoms with van der Waals surface area (Å²) in [4.78, 5) is 28.3. The number of benzene rings is 3. The summed E-state index contributed by atoms with van der Waals surface area (Å²) >= 11 is 18.9. The number of thioether (sulfide) groups is 1. The van der Waals surface area contributed by atoms with Gasteiger partial charge in [0.25, 0.3) is 11.8 Å². The molecule has 38 heavy (non-hydrogen) atoms. The molecule has 0 unspecified atom stereocenters. The molecule has 0 spiro atoms. The normalized spacial score (nSPS) is 14.2. The van der Waals surface area contributed by atoms with E-state index in [4.69, 9.17) is 40.2 Å². The highest BCUT2D eigenvalue weighted by Gasteiger charge is 2.34. The molecule has 0 atom stereocenters. The van der Waals surface area contributed by atoms with Gasteiger partial charge in [-0.25, -0.2) is 0 Å². The van der Waals surface area contributed by atoms with E-state index in [1.807, 2.05) is 30.3 Å². The van der Waals surface area contributed by atoms with E-state index >= 15 is 0 Å². The number of nitrogens with one attached hydrogen (secondary N) is 1. The van der Waals surface area contributed by atoms with E-state index in [1.165, 1.54) is 0 Å². The molecule has 6 nitrogen and oxygen atoms in total. The third-order valence-corrected chi connectivity index (χ3v) is 7.74. The van der Waals surface area contributed by atoms with Gasteiger partial charge < -0.3 is 9.64 Å². The summed E-state index contributed by atoms with van der Waals surface area (Å²) in [5, 5.41) is 2.15. The lowest BCUT2D eigenvalue weighted by atomic mass is 10.1. The third kappa shape index (κ3) is 6.50. The largest absolute Gasteiger partial charge is 0.488 e. The van der Waals surface area contributed by atoms with Gasteiger partial charge in [0.2, 0.25) is 0 Å². The van der Waals surface area contributed by atoms with Gasteiger partial charge in [-0.05, 0) is 68.5 Å². The molecule has 1 heterocycles. The predicted molar refractivity (Wildman–Crippen MR) is 160 cm³/mol. The van der Waals surface area contributed by atoms with Crippen LogP contribution in [0, 0.1) is 0 Å².